The number of fused-ring (bicyclic) bond motifs is 1. The molecule has 0 amide bonds. The van der Waals surface area contributed by atoms with Crippen molar-refractivity contribution in [2.24, 2.45) is 0 Å². The molecule has 6 heteroatoms. The molecular formula is C13H8Cl2F3N. The van der Waals surface area contributed by atoms with E-state index in [-0.39, 0.29) is 26.9 Å². The maximum absolute atomic E-state index is 13.2. The second-order valence-electron chi connectivity index (χ2n) is 4.62. The van der Waals surface area contributed by atoms with Gasteiger partial charge in [-0.2, -0.15) is 13.2 Å². The smallest absolute Gasteiger partial charge is 0.251 e. The van der Waals surface area contributed by atoms with Crippen LogP contribution in [0.1, 0.15) is 30.0 Å². The summed E-state index contributed by atoms with van der Waals surface area (Å²) in [4.78, 5) is 4.26. The lowest BCUT2D eigenvalue weighted by Gasteiger charge is -2.15. The SMILES string of the molecule is FC(F)(F)c1c(Cl)c(C2CC2)nc2ccc(Cl)cc12. The highest BCUT2D eigenvalue weighted by Crippen LogP contribution is 2.48. The number of alkyl halides is 3. The first-order valence-electron chi connectivity index (χ1n) is 5.74. The number of hydrogen-bond donors (Lipinski definition) is 0. The summed E-state index contributed by atoms with van der Waals surface area (Å²) in [5.74, 6) is 0.0497. The lowest BCUT2D eigenvalue weighted by molar-refractivity contribution is -0.136. The third kappa shape index (κ3) is 2.28. The van der Waals surface area contributed by atoms with Crippen molar-refractivity contribution in [3.05, 3.63) is 39.5 Å². The Balaban J connectivity index is 2.39. The maximum Gasteiger partial charge on any atom is 0.418 e. The topological polar surface area (TPSA) is 12.9 Å². The van der Waals surface area contributed by atoms with Crippen molar-refractivity contribution in [3.8, 4) is 0 Å². The Kier molecular flexibility index (Phi) is 2.91. The highest BCUT2D eigenvalue weighted by atomic mass is 35.5. The zero-order valence-corrected chi connectivity index (χ0v) is 11.1. The van der Waals surface area contributed by atoms with Gasteiger partial charge in [0.25, 0.3) is 0 Å². The third-order valence-corrected chi connectivity index (χ3v) is 3.78. The maximum atomic E-state index is 13.2. The molecule has 0 atom stereocenters. The number of aromatic nitrogens is 1. The Morgan fingerprint density at radius 1 is 1.16 bits per heavy atom. The van der Waals surface area contributed by atoms with Gasteiger partial charge in [-0.15, -0.1) is 0 Å². The van der Waals surface area contributed by atoms with E-state index < -0.39 is 11.7 Å². The van der Waals surface area contributed by atoms with Gasteiger partial charge in [0, 0.05) is 16.3 Å². The van der Waals surface area contributed by atoms with E-state index in [9.17, 15) is 13.2 Å². The van der Waals surface area contributed by atoms with Crippen LogP contribution >= 0.6 is 23.2 Å². The molecule has 0 aliphatic heterocycles. The van der Waals surface area contributed by atoms with E-state index >= 15 is 0 Å². The van der Waals surface area contributed by atoms with E-state index in [0.717, 1.165) is 12.8 Å². The van der Waals surface area contributed by atoms with Gasteiger partial charge in [-0.1, -0.05) is 23.2 Å². The number of pyridine rings is 1. The Morgan fingerprint density at radius 2 is 1.84 bits per heavy atom. The van der Waals surface area contributed by atoms with Crippen LogP contribution in [0.4, 0.5) is 13.2 Å². The molecule has 1 aromatic carbocycles. The van der Waals surface area contributed by atoms with E-state index in [1.165, 1.54) is 18.2 Å². The van der Waals surface area contributed by atoms with Crippen molar-refractivity contribution in [2.45, 2.75) is 24.9 Å². The standard InChI is InChI=1S/C13H8Cl2F3N/c14-7-3-4-9-8(5-7)10(13(16,17)18)11(15)12(19-9)6-1-2-6/h3-6H,1-2H2. The molecule has 0 spiro atoms. The second kappa shape index (κ2) is 4.25. The molecule has 2 aromatic rings. The molecule has 0 unspecified atom stereocenters. The molecule has 0 bridgehead atoms. The summed E-state index contributed by atoms with van der Waals surface area (Å²) >= 11 is 11.7. The highest BCUT2D eigenvalue weighted by Gasteiger charge is 2.39. The average Bonchev–Trinajstić information content (AvgIpc) is 3.10. The summed E-state index contributed by atoms with van der Waals surface area (Å²) in [6, 6.07) is 4.28. The van der Waals surface area contributed by atoms with Crippen LogP contribution < -0.4 is 0 Å². The van der Waals surface area contributed by atoms with E-state index in [2.05, 4.69) is 4.98 Å². The lowest BCUT2D eigenvalue weighted by atomic mass is 10.1. The highest BCUT2D eigenvalue weighted by molar-refractivity contribution is 6.34. The van der Waals surface area contributed by atoms with Crippen molar-refractivity contribution < 1.29 is 13.2 Å². The molecule has 19 heavy (non-hydrogen) atoms. The van der Waals surface area contributed by atoms with Gasteiger partial charge >= 0.3 is 6.18 Å². The van der Waals surface area contributed by atoms with E-state index in [4.69, 9.17) is 23.2 Å². The fourth-order valence-corrected chi connectivity index (χ4v) is 2.71. The van der Waals surface area contributed by atoms with Crippen molar-refractivity contribution >= 4 is 34.1 Å². The molecule has 1 heterocycles. The molecule has 1 nitrogen and oxygen atoms in total. The lowest BCUT2D eigenvalue weighted by Crippen LogP contribution is -2.09. The molecule has 1 aliphatic carbocycles. The first-order valence-corrected chi connectivity index (χ1v) is 6.49. The van der Waals surface area contributed by atoms with E-state index in [0.29, 0.717) is 5.69 Å². The Morgan fingerprint density at radius 3 is 2.42 bits per heavy atom. The molecule has 0 saturated heterocycles. The van der Waals surface area contributed by atoms with Crippen LogP contribution in [0, 0.1) is 0 Å². The minimum absolute atomic E-state index is 0.0469. The van der Waals surface area contributed by atoms with Gasteiger partial charge in [-0.25, -0.2) is 0 Å². The van der Waals surface area contributed by atoms with Crippen LogP contribution in [-0.2, 0) is 6.18 Å². The number of halogens is 5. The molecular weight excluding hydrogens is 298 g/mol. The quantitative estimate of drug-likeness (QED) is 0.684. The first-order chi connectivity index (χ1) is 8.88. The van der Waals surface area contributed by atoms with Gasteiger partial charge in [-0.05, 0) is 31.0 Å². The molecule has 1 aliphatic rings. The Labute approximate surface area is 117 Å². The van der Waals surface area contributed by atoms with Crippen molar-refractivity contribution in [2.75, 3.05) is 0 Å². The first kappa shape index (κ1) is 13.0. The van der Waals surface area contributed by atoms with Crippen LogP contribution in [0.2, 0.25) is 10.0 Å². The third-order valence-electron chi connectivity index (χ3n) is 3.16. The molecule has 1 saturated carbocycles. The Bertz CT molecular complexity index is 663. The van der Waals surface area contributed by atoms with Crippen LogP contribution in [-0.4, -0.2) is 4.98 Å². The predicted molar refractivity (Wildman–Crippen MR) is 68.7 cm³/mol. The van der Waals surface area contributed by atoms with Crippen LogP contribution in [0.5, 0.6) is 0 Å². The van der Waals surface area contributed by atoms with E-state index in [1.807, 2.05) is 0 Å². The second-order valence-corrected chi connectivity index (χ2v) is 5.43. The summed E-state index contributed by atoms with van der Waals surface area (Å²) in [6.07, 6.45) is -2.85. The largest absolute Gasteiger partial charge is 0.418 e. The van der Waals surface area contributed by atoms with Crippen molar-refractivity contribution in [3.63, 3.8) is 0 Å². The summed E-state index contributed by atoms with van der Waals surface area (Å²) < 4.78 is 39.7. The van der Waals surface area contributed by atoms with E-state index in [1.54, 1.807) is 0 Å². The molecule has 100 valence electrons. The average molecular weight is 306 g/mol. The number of benzene rings is 1. The van der Waals surface area contributed by atoms with Crippen LogP contribution in [0.25, 0.3) is 10.9 Å². The zero-order valence-electron chi connectivity index (χ0n) is 9.56. The summed E-state index contributed by atoms with van der Waals surface area (Å²) in [6.45, 7) is 0. The number of rotatable bonds is 1. The number of nitrogens with zero attached hydrogens (tertiary/aromatic N) is 1. The van der Waals surface area contributed by atoms with Crippen molar-refractivity contribution in [1.82, 2.24) is 4.98 Å². The summed E-state index contributed by atoms with van der Waals surface area (Å²) in [5.41, 5.74) is -0.199. The molecule has 0 radical (unpaired) electrons. The fourth-order valence-electron chi connectivity index (χ4n) is 2.14. The Hall–Kier alpha value is -1.00. The van der Waals surface area contributed by atoms with Crippen molar-refractivity contribution in [1.29, 1.82) is 0 Å². The van der Waals surface area contributed by atoms with Gasteiger partial charge in [0.1, 0.15) is 0 Å². The fraction of sp³-hybridized carbons (Fsp3) is 0.308. The minimum atomic E-state index is -4.52. The van der Waals surface area contributed by atoms with Gasteiger partial charge in [0.2, 0.25) is 0 Å². The predicted octanol–water partition coefficient (Wildman–Crippen LogP) is 5.44. The normalized spacial score (nSPS) is 16.1. The molecule has 3 rings (SSSR count). The summed E-state index contributed by atoms with van der Waals surface area (Å²) in [5, 5.41) is -0.103. The zero-order chi connectivity index (χ0) is 13.8. The molecule has 1 aromatic heterocycles. The molecule has 0 N–H and O–H groups in total. The van der Waals surface area contributed by atoms with Crippen LogP contribution in [0.15, 0.2) is 18.2 Å². The van der Waals surface area contributed by atoms with Gasteiger partial charge in [-0.3, -0.25) is 4.98 Å². The van der Waals surface area contributed by atoms with Gasteiger partial charge in [0.05, 0.1) is 21.8 Å². The van der Waals surface area contributed by atoms with Gasteiger partial charge < -0.3 is 0 Å². The summed E-state index contributed by atoms with van der Waals surface area (Å²) in [7, 11) is 0. The monoisotopic (exact) mass is 305 g/mol. The van der Waals surface area contributed by atoms with Gasteiger partial charge in [0.15, 0.2) is 0 Å². The molecule has 1 fully saturated rings. The minimum Gasteiger partial charge on any atom is -0.251 e. The van der Waals surface area contributed by atoms with Crippen LogP contribution in [0.3, 0.4) is 0 Å². The number of hydrogen-bond acceptors (Lipinski definition) is 1.